The van der Waals surface area contributed by atoms with Crippen LogP contribution < -0.4 is 5.32 Å². The van der Waals surface area contributed by atoms with E-state index in [1.54, 1.807) is 0 Å². The van der Waals surface area contributed by atoms with Crippen LogP contribution in [-0.2, 0) is 6.42 Å². The molecule has 2 fully saturated rings. The van der Waals surface area contributed by atoms with Crippen molar-refractivity contribution in [2.75, 3.05) is 18.4 Å². The molecule has 104 valence electrons. The number of aryl methyl sites for hydroxylation is 1. The highest BCUT2D eigenvalue weighted by Gasteiger charge is 2.35. The zero-order chi connectivity index (χ0) is 13.2. The van der Waals surface area contributed by atoms with Gasteiger partial charge in [0.1, 0.15) is 16.2 Å². The quantitative estimate of drug-likeness (QED) is 0.868. The number of piperidine rings is 1. The summed E-state index contributed by atoms with van der Waals surface area (Å²) in [5.74, 6) is 1.87. The highest BCUT2D eigenvalue weighted by atomic mass is 79.9. The lowest BCUT2D eigenvalue weighted by Gasteiger charge is -2.32. The SMILES string of the molecule is CCc1nc(Br)cc(NC2CCN3CCCCC23)n1. The fraction of sp³-hybridized carbons (Fsp3) is 0.714. The van der Waals surface area contributed by atoms with Gasteiger partial charge in [0.25, 0.3) is 0 Å². The smallest absolute Gasteiger partial charge is 0.131 e. The Kier molecular flexibility index (Phi) is 4.03. The summed E-state index contributed by atoms with van der Waals surface area (Å²) in [5, 5.41) is 3.63. The van der Waals surface area contributed by atoms with Gasteiger partial charge < -0.3 is 5.32 Å². The third kappa shape index (κ3) is 2.92. The van der Waals surface area contributed by atoms with Gasteiger partial charge in [-0.1, -0.05) is 13.3 Å². The summed E-state index contributed by atoms with van der Waals surface area (Å²) >= 11 is 3.47. The molecule has 1 N–H and O–H groups in total. The third-order valence-corrected chi connectivity index (χ3v) is 4.65. The standard InChI is InChI=1S/C14H21BrN4/c1-2-13-17-12(15)9-14(18-13)16-10-6-8-19-7-4-3-5-11(10)19/h9-11H,2-8H2,1H3,(H,16,17,18). The van der Waals surface area contributed by atoms with Crippen LogP contribution in [0.5, 0.6) is 0 Å². The molecule has 5 heteroatoms. The van der Waals surface area contributed by atoms with E-state index in [2.05, 4.69) is 43.0 Å². The minimum atomic E-state index is 0.548. The lowest BCUT2D eigenvalue weighted by Crippen LogP contribution is -2.41. The second-order valence-corrected chi connectivity index (χ2v) is 6.30. The molecule has 4 nitrogen and oxygen atoms in total. The molecule has 0 saturated carbocycles. The number of nitrogens with one attached hydrogen (secondary N) is 1. The fourth-order valence-electron chi connectivity index (χ4n) is 3.30. The molecule has 2 atom stereocenters. The monoisotopic (exact) mass is 324 g/mol. The molecule has 1 aromatic heterocycles. The van der Waals surface area contributed by atoms with E-state index in [0.29, 0.717) is 12.1 Å². The van der Waals surface area contributed by atoms with Crippen LogP contribution in [-0.4, -0.2) is 40.0 Å². The molecule has 1 aromatic rings. The van der Waals surface area contributed by atoms with Crippen molar-refractivity contribution in [3.63, 3.8) is 0 Å². The van der Waals surface area contributed by atoms with Gasteiger partial charge in [-0.3, -0.25) is 4.90 Å². The molecule has 0 bridgehead atoms. The van der Waals surface area contributed by atoms with E-state index in [1.807, 2.05) is 6.07 Å². The maximum absolute atomic E-state index is 4.58. The topological polar surface area (TPSA) is 41.1 Å². The zero-order valence-corrected chi connectivity index (χ0v) is 13.0. The van der Waals surface area contributed by atoms with Gasteiger partial charge in [0.2, 0.25) is 0 Å². The third-order valence-electron chi connectivity index (χ3n) is 4.25. The Morgan fingerprint density at radius 2 is 2.21 bits per heavy atom. The first kappa shape index (κ1) is 13.3. The first-order chi connectivity index (χ1) is 9.26. The first-order valence-electron chi connectivity index (χ1n) is 7.30. The van der Waals surface area contributed by atoms with Crippen LogP contribution in [0.2, 0.25) is 0 Å². The van der Waals surface area contributed by atoms with Crippen LogP contribution >= 0.6 is 15.9 Å². The molecule has 2 unspecified atom stereocenters. The van der Waals surface area contributed by atoms with E-state index in [0.717, 1.165) is 22.7 Å². The molecule has 0 spiro atoms. The Bertz CT molecular complexity index is 451. The van der Waals surface area contributed by atoms with Crippen molar-refractivity contribution in [3.8, 4) is 0 Å². The maximum atomic E-state index is 4.58. The highest BCUT2D eigenvalue weighted by Crippen LogP contribution is 2.29. The van der Waals surface area contributed by atoms with Gasteiger partial charge in [-0.25, -0.2) is 9.97 Å². The van der Waals surface area contributed by atoms with E-state index in [4.69, 9.17) is 0 Å². The molecule has 3 rings (SSSR count). The molecule has 2 aliphatic heterocycles. The molecule has 0 radical (unpaired) electrons. The zero-order valence-electron chi connectivity index (χ0n) is 11.4. The molecule has 0 amide bonds. The Morgan fingerprint density at radius 1 is 1.32 bits per heavy atom. The van der Waals surface area contributed by atoms with Crippen molar-refractivity contribution in [1.29, 1.82) is 0 Å². The van der Waals surface area contributed by atoms with Crippen molar-refractivity contribution in [3.05, 3.63) is 16.5 Å². The van der Waals surface area contributed by atoms with Gasteiger partial charge in [-0.05, 0) is 41.7 Å². The summed E-state index contributed by atoms with van der Waals surface area (Å²) in [5.41, 5.74) is 0. The molecule has 0 aromatic carbocycles. The predicted octanol–water partition coefficient (Wildman–Crippen LogP) is 2.84. The van der Waals surface area contributed by atoms with Crippen LogP contribution in [0.15, 0.2) is 10.7 Å². The Labute approximate surface area is 123 Å². The Hall–Kier alpha value is -0.680. The summed E-state index contributed by atoms with van der Waals surface area (Å²) in [6, 6.07) is 3.24. The number of hydrogen-bond donors (Lipinski definition) is 1. The van der Waals surface area contributed by atoms with E-state index in [1.165, 1.54) is 38.8 Å². The summed E-state index contributed by atoms with van der Waals surface area (Å²) in [6.45, 7) is 4.59. The summed E-state index contributed by atoms with van der Waals surface area (Å²) in [6.07, 6.45) is 6.15. The fourth-order valence-corrected chi connectivity index (χ4v) is 3.72. The summed E-state index contributed by atoms with van der Waals surface area (Å²) < 4.78 is 0.875. The van der Waals surface area contributed by atoms with Gasteiger partial charge in [-0.15, -0.1) is 0 Å². The van der Waals surface area contributed by atoms with Crippen molar-refractivity contribution in [2.45, 2.75) is 51.1 Å². The number of anilines is 1. The van der Waals surface area contributed by atoms with Gasteiger partial charge in [-0.2, -0.15) is 0 Å². The van der Waals surface area contributed by atoms with Crippen molar-refractivity contribution >= 4 is 21.7 Å². The average Bonchev–Trinajstić information content (AvgIpc) is 2.82. The Balaban J connectivity index is 1.72. The van der Waals surface area contributed by atoms with Gasteiger partial charge in [0, 0.05) is 31.1 Å². The molecular weight excluding hydrogens is 304 g/mol. The number of halogens is 1. The summed E-state index contributed by atoms with van der Waals surface area (Å²) in [4.78, 5) is 11.6. The van der Waals surface area contributed by atoms with Crippen LogP contribution in [0, 0.1) is 0 Å². The van der Waals surface area contributed by atoms with Crippen LogP contribution in [0.25, 0.3) is 0 Å². The van der Waals surface area contributed by atoms with Gasteiger partial charge in [0.05, 0.1) is 0 Å². The summed E-state index contributed by atoms with van der Waals surface area (Å²) in [7, 11) is 0. The highest BCUT2D eigenvalue weighted by molar-refractivity contribution is 9.10. The van der Waals surface area contributed by atoms with E-state index < -0.39 is 0 Å². The van der Waals surface area contributed by atoms with Gasteiger partial charge in [0.15, 0.2) is 0 Å². The van der Waals surface area contributed by atoms with Crippen molar-refractivity contribution in [1.82, 2.24) is 14.9 Å². The Morgan fingerprint density at radius 3 is 3.05 bits per heavy atom. The number of fused-ring (bicyclic) bond motifs is 1. The number of aromatic nitrogens is 2. The largest absolute Gasteiger partial charge is 0.366 e. The molecular formula is C14H21BrN4. The minimum Gasteiger partial charge on any atom is -0.366 e. The number of hydrogen-bond acceptors (Lipinski definition) is 4. The van der Waals surface area contributed by atoms with E-state index >= 15 is 0 Å². The average molecular weight is 325 g/mol. The van der Waals surface area contributed by atoms with Crippen LogP contribution in [0.3, 0.4) is 0 Å². The van der Waals surface area contributed by atoms with Crippen molar-refractivity contribution < 1.29 is 0 Å². The number of nitrogens with zero attached hydrogens (tertiary/aromatic N) is 3. The maximum Gasteiger partial charge on any atom is 0.131 e. The van der Waals surface area contributed by atoms with Gasteiger partial charge >= 0.3 is 0 Å². The minimum absolute atomic E-state index is 0.548. The van der Waals surface area contributed by atoms with Crippen LogP contribution in [0.1, 0.15) is 38.4 Å². The normalized spacial score (nSPS) is 27.3. The van der Waals surface area contributed by atoms with E-state index in [9.17, 15) is 0 Å². The molecule has 0 aliphatic carbocycles. The lowest BCUT2D eigenvalue weighted by atomic mass is 9.99. The second-order valence-electron chi connectivity index (χ2n) is 5.48. The van der Waals surface area contributed by atoms with Crippen LogP contribution in [0.4, 0.5) is 5.82 Å². The molecule has 19 heavy (non-hydrogen) atoms. The molecule has 2 aliphatic rings. The lowest BCUT2D eigenvalue weighted by molar-refractivity contribution is 0.192. The molecule has 2 saturated heterocycles. The molecule has 3 heterocycles. The first-order valence-corrected chi connectivity index (χ1v) is 8.09. The van der Waals surface area contributed by atoms with E-state index in [-0.39, 0.29) is 0 Å². The van der Waals surface area contributed by atoms with Crippen molar-refractivity contribution in [2.24, 2.45) is 0 Å². The predicted molar refractivity (Wildman–Crippen MR) is 80.3 cm³/mol. The number of rotatable bonds is 3. The second kappa shape index (κ2) is 5.75.